The number of benzene rings is 1. The van der Waals surface area contributed by atoms with Crippen LogP contribution in [0.15, 0.2) is 28.7 Å². The van der Waals surface area contributed by atoms with Crippen molar-refractivity contribution in [2.45, 2.75) is 58.4 Å². The average Bonchev–Trinajstić information content (AvgIpc) is 3.06. The summed E-state index contributed by atoms with van der Waals surface area (Å²) in [4.78, 5) is 14.4. The second-order valence-electron chi connectivity index (χ2n) is 5.62. The van der Waals surface area contributed by atoms with Crippen LogP contribution >= 0.6 is 11.6 Å². The number of aromatic nitrogens is 2. The summed E-state index contributed by atoms with van der Waals surface area (Å²) in [5.74, 6) is 0.884. The number of hydrogen-bond donors (Lipinski definition) is 0. The number of para-hydroxylation sites is 1. The topological polar surface area (TPSA) is 59.2 Å². The molecule has 0 aliphatic rings. The summed E-state index contributed by atoms with van der Waals surface area (Å²) in [6, 6.07) is 7.83. The minimum absolute atomic E-state index is 0.143. The number of alkyl halides is 1. The predicted octanol–water partition coefficient (Wildman–Crippen LogP) is 4.14. The van der Waals surface area contributed by atoms with Gasteiger partial charge in [-0.2, -0.15) is 0 Å². The van der Waals surface area contributed by atoms with E-state index in [2.05, 4.69) is 24.0 Å². The predicted molar refractivity (Wildman–Crippen MR) is 95.2 cm³/mol. The van der Waals surface area contributed by atoms with Gasteiger partial charge in [-0.1, -0.05) is 39.0 Å². The van der Waals surface area contributed by atoms with E-state index in [0.29, 0.717) is 18.2 Å². The summed E-state index contributed by atoms with van der Waals surface area (Å²) >= 11 is 6.22. The molecule has 0 fully saturated rings. The first-order chi connectivity index (χ1) is 11.6. The van der Waals surface area contributed by atoms with Crippen molar-refractivity contribution < 1.29 is 9.21 Å². The molecule has 6 heteroatoms. The van der Waals surface area contributed by atoms with Crippen molar-refractivity contribution in [3.63, 3.8) is 0 Å². The zero-order valence-corrected chi connectivity index (χ0v) is 15.2. The zero-order valence-electron chi connectivity index (χ0n) is 14.5. The lowest BCUT2D eigenvalue weighted by Gasteiger charge is -2.25. The minimum Gasteiger partial charge on any atom is -0.423 e. The van der Waals surface area contributed by atoms with Gasteiger partial charge >= 0.3 is 0 Å². The maximum atomic E-state index is 12.8. The van der Waals surface area contributed by atoms with Gasteiger partial charge in [-0.05, 0) is 30.9 Å². The Morgan fingerprint density at radius 1 is 1.21 bits per heavy atom. The van der Waals surface area contributed by atoms with Crippen molar-refractivity contribution in [1.82, 2.24) is 10.2 Å². The van der Waals surface area contributed by atoms with E-state index < -0.39 is 5.38 Å². The van der Waals surface area contributed by atoms with Gasteiger partial charge in [-0.25, -0.2) is 0 Å². The van der Waals surface area contributed by atoms with Crippen molar-refractivity contribution in [1.29, 1.82) is 0 Å². The molecule has 1 amide bonds. The van der Waals surface area contributed by atoms with Crippen LogP contribution in [0.5, 0.6) is 0 Å². The molecule has 0 spiro atoms. The highest BCUT2D eigenvalue weighted by Crippen LogP contribution is 2.25. The van der Waals surface area contributed by atoms with E-state index in [0.717, 1.165) is 30.5 Å². The molecular weight excluding hydrogens is 326 g/mol. The Balaban J connectivity index is 2.33. The normalized spacial score (nSPS) is 12.2. The van der Waals surface area contributed by atoms with E-state index in [4.69, 9.17) is 16.0 Å². The smallest absolute Gasteiger partial charge is 0.245 e. The monoisotopic (exact) mass is 349 g/mol. The van der Waals surface area contributed by atoms with Gasteiger partial charge in [0.2, 0.25) is 17.7 Å². The van der Waals surface area contributed by atoms with Crippen molar-refractivity contribution >= 4 is 23.2 Å². The minimum atomic E-state index is -0.576. The van der Waals surface area contributed by atoms with Crippen LogP contribution in [-0.2, 0) is 24.2 Å². The Labute approximate surface area is 148 Å². The van der Waals surface area contributed by atoms with Gasteiger partial charge in [0.15, 0.2) is 0 Å². The first-order valence-electron chi connectivity index (χ1n) is 8.45. The zero-order chi connectivity index (χ0) is 17.5. The largest absolute Gasteiger partial charge is 0.423 e. The second-order valence-corrected chi connectivity index (χ2v) is 6.15. The van der Waals surface area contributed by atoms with Crippen LogP contribution in [0.3, 0.4) is 0 Å². The van der Waals surface area contributed by atoms with Crippen molar-refractivity contribution in [3.8, 4) is 0 Å². The van der Waals surface area contributed by atoms with Gasteiger partial charge in [-0.3, -0.25) is 4.79 Å². The molecule has 24 heavy (non-hydrogen) atoms. The second kappa shape index (κ2) is 8.83. The fourth-order valence-electron chi connectivity index (χ4n) is 2.50. The van der Waals surface area contributed by atoms with Crippen LogP contribution < -0.4 is 4.90 Å². The van der Waals surface area contributed by atoms with Gasteiger partial charge in [0.1, 0.15) is 11.9 Å². The van der Waals surface area contributed by atoms with Gasteiger partial charge in [-0.15, -0.1) is 21.8 Å². The van der Waals surface area contributed by atoms with Crippen molar-refractivity contribution in [2.24, 2.45) is 0 Å². The van der Waals surface area contributed by atoms with Crippen LogP contribution in [0.1, 0.15) is 51.0 Å². The third-order valence-electron chi connectivity index (χ3n) is 3.82. The summed E-state index contributed by atoms with van der Waals surface area (Å²) in [6.07, 6.45) is 3.06. The molecule has 2 rings (SSSR count). The molecule has 0 N–H and O–H groups in total. The Morgan fingerprint density at radius 3 is 2.58 bits per heavy atom. The highest BCUT2D eigenvalue weighted by molar-refractivity contribution is 6.32. The number of carbonyl (C=O) groups is 1. The molecule has 0 radical (unpaired) electrons. The number of rotatable bonds is 8. The first-order valence-corrected chi connectivity index (χ1v) is 8.88. The Hall–Kier alpha value is -1.88. The molecule has 0 aliphatic heterocycles. The Bertz CT molecular complexity index is 672. The maximum absolute atomic E-state index is 12.8. The summed E-state index contributed by atoms with van der Waals surface area (Å²) in [7, 11) is 0. The number of nitrogens with zero attached hydrogens (tertiary/aromatic N) is 3. The molecule has 0 saturated heterocycles. The quantitative estimate of drug-likeness (QED) is 0.672. The van der Waals surface area contributed by atoms with Crippen LogP contribution in [-0.4, -0.2) is 21.5 Å². The van der Waals surface area contributed by atoms with Crippen molar-refractivity contribution in [3.05, 3.63) is 41.6 Å². The average molecular weight is 350 g/mol. The molecule has 2 aromatic rings. The molecule has 1 aromatic carbocycles. The van der Waals surface area contributed by atoms with E-state index in [1.807, 2.05) is 31.2 Å². The molecule has 1 unspecified atom stereocenters. The fourth-order valence-corrected chi connectivity index (χ4v) is 2.62. The number of hydrogen-bond acceptors (Lipinski definition) is 4. The maximum Gasteiger partial charge on any atom is 0.245 e. The van der Waals surface area contributed by atoms with E-state index in [1.165, 1.54) is 0 Å². The van der Waals surface area contributed by atoms with Crippen LogP contribution in [0.2, 0.25) is 0 Å². The third-order valence-corrected chi connectivity index (χ3v) is 4.32. The number of halogens is 1. The number of aryl methyl sites for hydroxylation is 2. The van der Waals surface area contributed by atoms with Crippen LogP contribution in [0, 0.1) is 0 Å². The van der Waals surface area contributed by atoms with Gasteiger partial charge in [0.05, 0.1) is 0 Å². The fraction of sp³-hybridized carbons (Fsp3) is 0.500. The van der Waals surface area contributed by atoms with Gasteiger partial charge in [0, 0.05) is 12.1 Å². The lowest BCUT2D eigenvalue weighted by Crippen LogP contribution is -2.37. The molecule has 0 aliphatic carbocycles. The van der Waals surface area contributed by atoms with Crippen LogP contribution in [0.4, 0.5) is 5.69 Å². The van der Waals surface area contributed by atoms with Gasteiger partial charge in [0.25, 0.3) is 0 Å². The number of anilines is 1. The van der Waals surface area contributed by atoms with E-state index in [1.54, 1.807) is 4.90 Å². The molecule has 130 valence electrons. The summed E-state index contributed by atoms with van der Waals surface area (Å²) < 4.78 is 5.65. The van der Waals surface area contributed by atoms with Gasteiger partial charge < -0.3 is 9.32 Å². The summed E-state index contributed by atoms with van der Waals surface area (Å²) in [5, 5.41) is 7.53. The standard InChI is InChI=1S/C18H24ClN3O2/c1-4-9-16-20-21-17(24-16)12-22(18(23)14(19)6-3)15-11-8-7-10-13(15)5-2/h7-8,10-11,14H,4-6,9,12H2,1-3H3. The number of carbonyl (C=O) groups excluding carboxylic acids is 1. The summed E-state index contributed by atoms with van der Waals surface area (Å²) in [6.45, 7) is 6.24. The molecular formula is C18H24ClN3O2. The molecule has 1 aromatic heterocycles. The molecule has 0 bridgehead atoms. The highest BCUT2D eigenvalue weighted by Gasteiger charge is 2.25. The molecule has 0 saturated carbocycles. The first kappa shape index (κ1) is 18.5. The van der Waals surface area contributed by atoms with E-state index >= 15 is 0 Å². The molecule has 1 heterocycles. The SMILES string of the molecule is CCCc1nnc(CN(C(=O)C(Cl)CC)c2ccccc2CC)o1. The van der Waals surface area contributed by atoms with E-state index in [9.17, 15) is 4.79 Å². The Kier molecular flexibility index (Phi) is 6.79. The van der Waals surface area contributed by atoms with Crippen molar-refractivity contribution in [2.75, 3.05) is 4.90 Å². The summed E-state index contributed by atoms with van der Waals surface area (Å²) in [5.41, 5.74) is 1.93. The molecule has 1 atom stereocenters. The highest BCUT2D eigenvalue weighted by atomic mass is 35.5. The Morgan fingerprint density at radius 2 is 1.92 bits per heavy atom. The lowest BCUT2D eigenvalue weighted by molar-refractivity contribution is -0.118. The van der Waals surface area contributed by atoms with Crippen LogP contribution in [0.25, 0.3) is 0 Å². The lowest BCUT2D eigenvalue weighted by atomic mass is 10.1. The third kappa shape index (κ3) is 4.35. The number of amides is 1. The molecule has 5 nitrogen and oxygen atoms in total. The van der Waals surface area contributed by atoms with E-state index in [-0.39, 0.29) is 12.5 Å².